The second-order valence-electron chi connectivity index (χ2n) is 7.67. The van der Waals surface area contributed by atoms with Crippen molar-refractivity contribution in [1.82, 2.24) is 10.2 Å². The number of carboxylic acids is 1. The second-order valence-corrected chi connectivity index (χ2v) is 8.84. The highest BCUT2D eigenvalue weighted by atomic mass is 32.2. The lowest BCUT2D eigenvalue weighted by Gasteiger charge is -2.23. The number of urea groups is 1. The number of amides is 2. The van der Waals surface area contributed by atoms with E-state index in [2.05, 4.69) is 17.4 Å². The van der Waals surface area contributed by atoms with Crippen LogP contribution in [-0.4, -0.2) is 66.7 Å². The summed E-state index contributed by atoms with van der Waals surface area (Å²) in [7, 11) is 0. The molecule has 186 valence electrons. The largest absolute Gasteiger partial charge is 0.492 e. The third-order valence-electron chi connectivity index (χ3n) is 5.07. The number of hydrogen-bond acceptors (Lipinski definition) is 5. The molecule has 0 spiro atoms. The fourth-order valence-corrected chi connectivity index (χ4v) is 4.25. The van der Waals surface area contributed by atoms with E-state index in [0.717, 1.165) is 24.2 Å². The first kappa shape index (κ1) is 27.5. The second kappa shape index (κ2) is 16.0. The van der Waals surface area contributed by atoms with Gasteiger partial charge in [0.1, 0.15) is 12.4 Å². The van der Waals surface area contributed by atoms with Crippen LogP contribution in [0.1, 0.15) is 32.3 Å². The molecule has 0 aromatic heterocycles. The van der Waals surface area contributed by atoms with Gasteiger partial charge in [-0.1, -0.05) is 30.3 Å². The maximum absolute atomic E-state index is 12.4. The lowest BCUT2D eigenvalue weighted by atomic mass is 10.1. The van der Waals surface area contributed by atoms with E-state index < -0.39 is 12.1 Å². The Hall–Kier alpha value is -2.71. The summed E-state index contributed by atoms with van der Waals surface area (Å²) >= 11 is 1.83. The van der Waals surface area contributed by atoms with Crippen molar-refractivity contribution in [2.75, 3.05) is 38.6 Å². The molecule has 34 heavy (non-hydrogen) atoms. The first-order chi connectivity index (χ1) is 16.5. The Morgan fingerprint density at radius 3 is 2.41 bits per heavy atom. The number of aliphatic carboxylic acids is 1. The minimum atomic E-state index is -0.966. The molecule has 1 atom stereocenters. The normalized spacial score (nSPS) is 11.6. The van der Waals surface area contributed by atoms with Gasteiger partial charge in [0, 0.05) is 31.0 Å². The summed E-state index contributed by atoms with van der Waals surface area (Å²) in [6.45, 7) is 6.17. The summed E-state index contributed by atoms with van der Waals surface area (Å²) in [5.74, 6) is 0.732. The van der Waals surface area contributed by atoms with Gasteiger partial charge < -0.3 is 24.8 Å². The average Bonchev–Trinajstić information content (AvgIpc) is 2.84. The maximum Gasteiger partial charge on any atom is 0.333 e. The summed E-state index contributed by atoms with van der Waals surface area (Å²) in [5.41, 5.74) is 0.866. The van der Waals surface area contributed by atoms with Crippen molar-refractivity contribution in [3.63, 3.8) is 0 Å². The van der Waals surface area contributed by atoms with Crippen LogP contribution < -0.4 is 10.1 Å². The number of rotatable bonds is 16. The van der Waals surface area contributed by atoms with E-state index in [-0.39, 0.29) is 6.03 Å². The van der Waals surface area contributed by atoms with Crippen molar-refractivity contribution in [2.45, 2.75) is 44.1 Å². The molecular formula is C26H36N2O5S. The molecule has 0 aliphatic carbocycles. The van der Waals surface area contributed by atoms with Crippen molar-refractivity contribution in [3.05, 3.63) is 60.2 Å². The van der Waals surface area contributed by atoms with Crippen LogP contribution in [0.3, 0.4) is 0 Å². The summed E-state index contributed by atoms with van der Waals surface area (Å²) < 4.78 is 11.1. The zero-order valence-electron chi connectivity index (χ0n) is 20.1. The molecule has 0 aliphatic heterocycles. The first-order valence-electron chi connectivity index (χ1n) is 11.8. The van der Waals surface area contributed by atoms with Gasteiger partial charge in [-0.2, -0.15) is 0 Å². The van der Waals surface area contributed by atoms with Gasteiger partial charge in [-0.15, -0.1) is 11.8 Å². The van der Waals surface area contributed by atoms with Crippen LogP contribution in [0.2, 0.25) is 0 Å². The molecule has 2 rings (SSSR count). The number of carbonyl (C=O) groups excluding carboxylic acids is 1. The molecule has 2 N–H and O–H groups in total. The van der Waals surface area contributed by atoms with E-state index in [1.165, 1.54) is 4.90 Å². The third kappa shape index (κ3) is 10.5. The molecule has 2 aromatic carbocycles. The number of thioether (sulfide) groups is 1. The molecule has 7 nitrogen and oxygen atoms in total. The molecule has 1 unspecified atom stereocenters. The van der Waals surface area contributed by atoms with Crippen LogP contribution in [0.15, 0.2) is 59.5 Å². The molecule has 2 amide bonds. The van der Waals surface area contributed by atoms with Gasteiger partial charge in [0.25, 0.3) is 0 Å². The van der Waals surface area contributed by atoms with Crippen LogP contribution in [0.25, 0.3) is 0 Å². The van der Waals surface area contributed by atoms with E-state index in [1.807, 2.05) is 61.2 Å². The predicted octanol–water partition coefficient (Wildman–Crippen LogP) is 4.70. The number of carboxylic acid groups (broad SMARTS) is 1. The average molecular weight is 489 g/mol. The van der Waals surface area contributed by atoms with Crippen molar-refractivity contribution < 1.29 is 24.2 Å². The zero-order valence-corrected chi connectivity index (χ0v) is 20.9. The SMILES string of the molecule is CCNC(=O)N(CCCCSc1ccccc1)CCOc1ccc(CC(OCC)C(=O)O)cc1. The molecule has 0 bridgehead atoms. The van der Waals surface area contributed by atoms with Crippen LogP contribution in [0.5, 0.6) is 5.75 Å². The third-order valence-corrected chi connectivity index (χ3v) is 6.17. The van der Waals surface area contributed by atoms with Gasteiger partial charge in [0.05, 0.1) is 6.54 Å². The number of ether oxygens (including phenoxy) is 2. The van der Waals surface area contributed by atoms with Crippen LogP contribution in [0.4, 0.5) is 4.79 Å². The van der Waals surface area contributed by atoms with E-state index in [9.17, 15) is 14.7 Å². The summed E-state index contributed by atoms with van der Waals surface area (Å²) in [6, 6.07) is 17.6. The monoisotopic (exact) mass is 488 g/mol. The highest BCUT2D eigenvalue weighted by Gasteiger charge is 2.18. The highest BCUT2D eigenvalue weighted by molar-refractivity contribution is 7.99. The van der Waals surface area contributed by atoms with Gasteiger partial charge in [-0.05, 0) is 62.3 Å². The van der Waals surface area contributed by atoms with E-state index >= 15 is 0 Å². The van der Waals surface area contributed by atoms with Crippen molar-refractivity contribution >= 4 is 23.8 Å². The molecule has 0 heterocycles. The summed E-state index contributed by atoms with van der Waals surface area (Å²) in [5, 5.41) is 12.1. The number of unbranched alkanes of at least 4 members (excludes halogenated alkanes) is 1. The maximum atomic E-state index is 12.4. The Kier molecular flexibility index (Phi) is 13.0. The Balaban J connectivity index is 1.76. The number of carbonyl (C=O) groups is 2. The van der Waals surface area contributed by atoms with Gasteiger partial charge in [0.2, 0.25) is 0 Å². The van der Waals surface area contributed by atoms with Crippen molar-refractivity contribution in [1.29, 1.82) is 0 Å². The van der Waals surface area contributed by atoms with E-state index in [4.69, 9.17) is 9.47 Å². The number of benzene rings is 2. The van der Waals surface area contributed by atoms with Crippen molar-refractivity contribution in [2.24, 2.45) is 0 Å². The molecule has 0 aliphatic rings. The van der Waals surface area contributed by atoms with Crippen LogP contribution >= 0.6 is 11.8 Å². The van der Waals surface area contributed by atoms with Gasteiger partial charge >= 0.3 is 12.0 Å². The lowest BCUT2D eigenvalue weighted by Crippen LogP contribution is -2.42. The quantitative estimate of drug-likeness (QED) is 0.263. The summed E-state index contributed by atoms with van der Waals surface area (Å²) in [4.78, 5) is 26.7. The fraction of sp³-hybridized carbons (Fsp3) is 0.462. The molecular weight excluding hydrogens is 452 g/mol. The topological polar surface area (TPSA) is 88.1 Å². The molecule has 0 saturated heterocycles. The van der Waals surface area contributed by atoms with Crippen molar-refractivity contribution in [3.8, 4) is 5.75 Å². The Morgan fingerprint density at radius 1 is 1.03 bits per heavy atom. The van der Waals surface area contributed by atoms with Crippen LogP contribution in [-0.2, 0) is 16.0 Å². The predicted molar refractivity (Wildman–Crippen MR) is 136 cm³/mol. The van der Waals surface area contributed by atoms with Crippen LogP contribution in [0, 0.1) is 0 Å². The Labute approximate surface area is 206 Å². The minimum Gasteiger partial charge on any atom is -0.492 e. The molecule has 0 fully saturated rings. The van der Waals surface area contributed by atoms with E-state index in [0.29, 0.717) is 45.0 Å². The molecule has 0 radical (unpaired) electrons. The van der Waals surface area contributed by atoms with Gasteiger partial charge in [-0.3, -0.25) is 0 Å². The smallest absolute Gasteiger partial charge is 0.333 e. The Morgan fingerprint density at radius 2 is 1.76 bits per heavy atom. The zero-order chi connectivity index (χ0) is 24.6. The molecule has 0 saturated carbocycles. The first-order valence-corrected chi connectivity index (χ1v) is 12.8. The standard InChI is InChI=1S/C26H36N2O5S/c1-3-27-26(31)28(16-8-9-19-34-23-10-6-5-7-11-23)17-18-33-22-14-12-21(13-15-22)20-24(25(29)30)32-4-2/h5-7,10-15,24H,3-4,8-9,16-20H2,1-2H3,(H,27,31)(H,29,30). The van der Waals surface area contributed by atoms with Gasteiger partial charge in [-0.25, -0.2) is 9.59 Å². The molecule has 2 aromatic rings. The number of hydrogen-bond donors (Lipinski definition) is 2. The van der Waals surface area contributed by atoms with Gasteiger partial charge in [0.15, 0.2) is 6.10 Å². The fourth-order valence-electron chi connectivity index (χ4n) is 3.32. The minimum absolute atomic E-state index is 0.0761. The number of nitrogens with zero attached hydrogens (tertiary/aromatic N) is 1. The Bertz CT molecular complexity index is 848. The summed E-state index contributed by atoms with van der Waals surface area (Å²) in [6.07, 6.45) is 1.40. The highest BCUT2D eigenvalue weighted by Crippen LogP contribution is 2.18. The van der Waals surface area contributed by atoms with E-state index in [1.54, 1.807) is 11.8 Å². The number of nitrogens with one attached hydrogen (secondary N) is 1. The lowest BCUT2D eigenvalue weighted by molar-refractivity contribution is -0.149. The molecule has 8 heteroatoms.